The number of nitrogens with zero attached hydrogens (tertiary/aromatic N) is 1. The van der Waals surface area contributed by atoms with E-state index in [1.807, 2.05) is 0 Å². The lowest BCUT2D eigenvalue weighted by Gasteiger charge is -2.25. The Hall–Kier alpha value is -2.62. The fourth-order valence-corrected chi connectivity index (χ4v) is 1.65. The topological polar surface area (TPSA) is 104 Å². The minimum absolute atomic E-state index is 0.0117. The van der Waals surface area contributed by atoms with Crippen molar-refractivity contribution in [3.8, 4) is 0 Å². The van der Waals surface area contributed by atoms with Crippen molar-refractivity contribution < 1.29 is 42.6 Å². The summed E-state index contributed by atoms with van der Waals surface area (Å²) in [5, 5.41) is 17.8. The average Bonchev–Trinajstić information content (AvgIpc) is 2.45. The second kappa shape index (κ2) is 7.09. The molecule has 0 unspecified atom stereocenters. The Bertz CT molecular complexity index is 616. The van der Waals surface area contributed by atoms with Crippen molar-refractivity contribution in [3.63, 3.8) is 0 Å². The molecule has 1 amide bonds. The van der Waals surface area contributed by atoms with Gasteiger partial charge in [0.2, 0.25) is 0 Å². The highest BCUT2D eigenvalue weighted by Crippen LogP contribution is 2.32. The summed E-state index contributed by atoms with van der Waals surface area (Å²) >= 11 is 0. The molecule has 0 aliphatic carbocycles. The van der Waals surface area contributed by atoms with Gasteiger partial charge in [-0.05, 0) is 12.1 Å². The lowest BCUT2D eigenvalue weighted by molar-refractivity contribution is -0.188. The largest absolute Gasteiger partial charge is 0.480 e. The molecule has 0 bridgehead atoms. The fourth-order valence-electron chi connectivity index (χ4n) is 1.65. The van der Waals surface area contributed by atoms with Gasteiger partial charge >= 0.3 is 18.1 Å². The second-order valence-corrected chi connectivity index (χ2v) is 4.30. The van der Waals surface area contributed by atoms with Gasteiger partial charge in [-0.1, -0.05) is 12.1 Å². The van der Waals surface area contributed by atoms with Crippen LogP contribution in [0.1, 0.15) is 22.8 Å². The standard InChI is InChI=1S/C13H12F3NO6/c1-7(19)17(10(6-18)11(20)21)23-12(22)8-4-2-3-5-9(8)13(14,15)16/h2-5,10,18H,6H2,1H3,(H,20,21)/t10-/m0/s1. The molecule has 1 aromatic carbocycles. The van der Waals surface area contributed by atoms with Gasteiger partial charge in [0.1, 0.15) is 0 Å². The van der Waals surface area contributed by atoms with Crippen LogP contribution >= 0.6 is 0 Å². The van der Waals surface area contributed by atoms with Crippen LogP contribution in [0.4, 0.5) is 13.2 Å². The number of rotatable bonds is 4. The van der Waals surface area contributed by atoms with E-state index in [9.17, 15) is 27.6 Å². The van der Waals surface area contributed by atoms with Crippen molar-refractivity contribution in [2.24, 2.45) is 0 Å². The van der Waals surface area contributed by atoms with E-state index in [2.05, 4.69) is 4.84 Å². The van der Waals surface area contributed by atoms with Crippen molar-refractivity contribution in [2.75, 3.05) is 6.61 Å². The summed E-state index contributed by atoms with van der Waals surface area (Å²) in [5.74, 6) is -4.35. The van der Waals surface area contributed by atoms with Gasteiger partial charge in [0.05, 0.1) is 17.7 Å². The third-order valence-electron chi connectivity index (χ3n) is 2.69. The number of benzene rings is 1. The molecule has 0 heterocycles. The molecule has 0 saturated heterocycles. The summed E-state index contributed by atoms with van der Waals surface area (Å²) in [6.07, 6.45) is -4.85. The van der Waals surface area contributed by atoms with Gasteiger partial charge in [-0.2, -0.15) is 18.2 Å². The summed E-state index contributed by atoms with van der Waals surface area (Å²) in [4.78, 5) is 38.6. The van der Waals surface area contributed by atoms with Gasteiger partial charge in [-0.3, -0.25) is 4.79 Å². The zero-order chi connectivity index (χ0) is 17.8. The summed E-state index contributed by atoms with van der Waals surface area (Å²) in [6, 6.07) is 1.71. The Morgan fingerprint density at radius 1 is 1.26 bits per heavy atom. The van der Waals surface area contributed by atoms with Crippen molar-refractivity contribution >= 4 is 17.8 Å². The maximum atomic E-state index is 12.8. The molecule has 126 valence electrons. The molecule has 0 aromatic heterocycles. The molecule has 0 aliphatic rings. The third-order valence-corrected chi connectivity index (χ3v) is 2.69. The van der Waals surface area contributed by atoms with Gasteiger partial charge in [0, 0.05) is 6.92 Å². The number of hydrogen-bond acceptors (Lipinski definition) is 5. The lowest BCUT2D eigenvalue weighted by Crippen LogP contribution is -2.47. The van der Waals surface area contributed by atoms with Crippen LogP contribution in [-0.4, -0.2) is 45.8 Å². The number of amides is 1. The van der Waals surface area contributed by atoms with Gasteiger partial charge in [-0.25, -0.2) is 9.59 Å². The molecule has 2 N–H and O–H groups in total. The lowest BCUT2D eigenvalue weighted by atomic mass is 10.1. The molecule has 1 aromatic rings. The third kappa shape index (κ3) is 4.42. The van der Waals surface area contributed by atoms with Crippen LogP contribution < -0.4 is 0 Å². The first-order valence-electron chi connectivity index (χ1n) is 6.11. The fraction of sp³-hybridized carbons (Fsp3) is 0.308. The summed E-state index contributed by atoms with van der Waals surface area (Å²) in [7, 11) is 0. The van der Waals surface area contributed by atoms with Crippen molar-refractivity contribution in [1.82, 2.24) is 5.06 Å². The zero-order valence-corrected chi connectivity index (χ0v) is 11.7. The van der Waals surface area contributed by atoms with Crippen LogP contribution in [0.2, 0.25) is 0 Å². The van der Waals surface area contributed by atoms with Gasteiger partial charge < -0.3 is 15.1 Å². The predicted molar refractivity (Wildman–Crippen MR) is 67.9 cm³/mol. The molecule has 23 heavy (non-hydrogen) atoms. The molecule has 10 heteroatoms. The van der Waals surface area contributed by atoms with E-state index in [-0.39, 0.29) is 5.06 Å². The van der Waals surface area contributed by atoms with Gasteiger partial charge in [0.15, 0.2) is 6.04 Å². The first kappa shape index (κ1) is 18.4. The normalized spacial score (nSPS) is 12.4. The SMILES string of the molecule is CC(=O)N(OC(=O)c1ccccc1C(F)(F)F)[C@@H](CO)C(=O)O. The second-order valence-electron chi connectivity index (χ2n) is 4.30. The summed E-state index contributed by atoms with van der Waals surface area (Å²) < 4.78 is 38.5. The van der Waals surface area contributed by atoms with Crippen LogP contribution in [0.15, 0.2) is 24.3 Å². The number of hydrogen-bond donors (Lipinski definition) is 2. The van der Waals surface area contributed by atoms with Crippen LogP contribution in [0, 0.1) is 0 Å². The molecule has 7 nitrogen and oxygen atoms in total. The number of halogens is 3. The van der Waals surface area contributed by atoms with E-state index in [1.165, 1.54) is 0 Å². The molecule has 1 atom stereocenters. The first-order valence-corrected chi connectivity index (χ1v) is 6.11. The van der Waals surface area contributed by atoms with E-state index < -0.39 is 47.8 Å². The highest BCUT2D eigenvalue weighted by molar-refractivity contribution is 5.92. The Labute approximate surface area is 127 Å². The van der Waals surface area contributed by atoms with Crippen LogP contribution in [0.25, 0.3) is 0 Å². The molecule has 0 fully saturated rings. The molecule has 0 aliphatic heterocycles. The van der Waals surface area contributed by atoms with Crippen LogP contribution in [0.3, 0.4) is 0 Å². The van der Waals surface area contributed by atoms with Crippen molar-refractivity contribution in [3.05, 3.63) is 35.4 Å². The molecular formula is C13H12F3NO6. The minimum atomic E-state index is -4.85. The van der Waals surface area contributed by atoms with E-state index in [0.717, 1.165) is 25.1 Å². The molecule has 0 spiro atoms. The summed E-state index contributed by atoms with van der Waals surface area (Å²) in [6.45, 7) is -0.266. The highest BCUT2D eigenvalue weighted by Gasteiger charge is 2.37. The number of aliphatic carboxylic acids is 1. The smallest absolute Gasteiger partial charge is 0.417 e. The number of carbonyl (C=O) groups excluding carboxylic acids is 2. The van der Waals surface area contributed by atoms with Gasteiger partial charge in [0.25, 0.3) is 5.91 Å². The molecular weight excluding hydrogens is 323 g/mol. The number of carboxylic acid groups (broad SMARTS) is 1. The number of aliphatic hydroxyl groups excluding tert-OH is 1. The molecule has 0 radical (unpaired) electrons. The van der Waals surface area contributed by atoms with Gasteiger partial charge in [-0.15, -0.1) is 0 Å². The Morgan fingerprint density at radius 2 is 1.83 bits per heavy atom. The minimum Gasteiger partial charge on any atom is -0.480 e. The first-order chi connectivity index (χ1) is 10.6. The average molecular weight is 335 g/mol. The van der Waals surface area contributed by atoms with E-state index in [4.69, 9.17) is 10.2 Å². The maximum absolute atomic E-state index is 12.8. The van der Waals surface area contributed by atoms with Crippen molar-refractivity contribution in [2.45, 2.75) is 19.1 Å². The quantitative estimate of drug-likeness (QED) is 0.798. The highest BCUT2D eigenvalue weighted by atomic mass is 19.4. The Morgan fingerprint density at radius 3 is 2.26 bits per heavy atom. The Balaban J connectivity index is 3.15. The van der Waals surface area contributed by atoms with E-state index in [1.54, 1.807) is 0 Å². The number of carboxylic acids is 1. The van der Waals surface area contributed by atoms with E-state index in [0.29, 0.717) is 6.07 Å². The van der Waals surface area contributed by atoms with Crippen LogP contribution in [0.5, 0.6) is 0 Å². The zero-order valence-electron chi connectivity index (χ0n) is 11.7. The summed E-state index contributed by atoms with van der Waals surface area (Å²) in [5.41, 5.74) is -2.20. The monoisotopic (exact) mass is 335 g/mol. The van der Waals surface area contributed by atoms with E-state index >= 15 is 0 Å². The maximum Gasteiger partial charge on any atom is 0.417 e. The predicted octanol–water partition coefficient (Wildman–Crippen LogP) is 1.07. The number of aliphatic hydroxyl groups is 1. The van der Waals surface area contributed by atoms with Crippen LogP contribution in [-0.2, 0) is 20.6 Å². The Kier molecular flexibility index (Phi) is 5.68. The number of alkyl halides is 3. The molecule has 1 rings (SSSR count). The van der Waals surface area contributed by atoms with Crippen molar-refractivity contribution in [1.29, 1.82) is 0 Å². The molecule has 0 saturated carbocycles. The number of carbonyl (C=O) groups is 3. The number of hydroxylamine groups is 2.